The Morgan fingerprint density at radius 3 is 2.74 bits per heavy atom. The molecule has 2 heterocycles. The molecule has 2 aromatic rings. The molecule has 0 spiro atoms. The number of ether oxygens (including phenoxy) is 1. The first-order valence-corrected chi connectivity index (χ1v) is 9.32. The van der Waals surface area contributed by atoms with Crippen LogP contribution in [0.25, 0.3) is 0 Å². The minimum absolute atomic E-state index is 0.0829. The fraction of sp³-hybridized carbons (Fsp3) is 0.429. The average Bonchev–Trinajstić information content (AvgIpc) is 2.69. The van der Waals surface area contributed by atoms with Gasteiger partial charge in [-0.3, -0.25) is 14.7 Å². The topological polar surface area (TPSA) is 45.7 Å². The molecule has 1 aliphatic rings. The van der Waals surface area contributed by atoms with Gasteiger partial charge in [0.2, 0.25) is 5.91 Å². The summed E-state index contributed by atoms with van der Waals surface area (Å²) in [5, 5.41) is 0. The Hall–Kier alpha value is -2.31. The van der Waals surface area contributed by atoms with Gasteiger partial charge in [0.05, 0.1) is 19.3 Å². The first-order chi connectivity index (χ1) is 13.1. The molecular formula is C21H26FN3O2. The molecule has 0 aliphatic carbocycles. The molecule has 1 fully saturated rings. The summed E-state index contributed by atoms with van der Waals surface area (Å²) < 4.78 is 19.7. The number of amides is 1. The molecule has 1 aromatic carbocycles. The van der Waals surface area contributed by atoms with E-state index in [4.69, 9.17) is 4.74 Å². The van der Waals surface area contributed by atoms with Crippen LogP contribution < -0.4 is 0 Å². The minimum atomic E-state index is -0.233. The maximum atomic E-state index is 13.7. The van der Waals surface area contributed by atoms with E-state index in [2.05, 4.69) is 4.98 Å². The molecule has 1 amide bonds. The number of piperidine rings is 1. The summed E-state index contributed by atoms with van der Waals surface area (Å²) in [5.74, 6) is -0.150. The number of benzene rings is 1. The number of halogens is 1. The van der Waals surface area contributed by atoms with E-state index in [1.807, 2.05) is 41.2 Å². The molecule has 0 atom stereocenters. The van der Waals surface area contributed by atoms with Gasteiger partial charge in [-0.2, -0.15) is 0 Å². The molecule has 0 saturated carbocycles. The molecule has 0 radical (unpaired) electrons. The summed E-state index contributed by atoms with van der Waals surface area (Å²) >= 11 is 0. The highest BCUT2D eigenvalue weighted by atomic mass is 19.1. The van der Waals surface area contributed by atoms with E-state index in [9.17, 15) is 9.18 Å². The molecule has 6 heteroatoms. The number of nitrogens with zero attached hydrogens (tertiary/aromatic N) is 3. The first-order valence-electron chi connectivity index (χ1n) is 9.32. The zero-order valence-corrected chi connectivity index (χ0v) is 15.7. The number of aromatic nitrogens is 1. The number of hydrogen-bond acceptors (Lipinski definition) is 4. The van der Waals surface area contributed by atoms with Gasteiger partial charge in [-0.05, 0) is 37.6 Å². The summed E-state index contributed by atoms with van der Waals surface area (Å²) in [4.78, 5) is 20.3. The van der Waals surface area contributed by atoms with Crippen molar-refractivity contribution in [3.8, 4) is 0 Å². The van der Waals surface area contributed by atoms with Gasteiger partial charge in [-0.15, -0.1) is 0 Å². The summed E-state index contributed by atoms with van der Waals surface area (Å²) in [7, 11) is 1.84. The number of rotatable bonds is 7. The van der Waals surface area contributed by atoms with Crippen molar-refractivity contribution in [2.45, 2.75) is 32.1 Å². The van der Waals surface area contributed by atoms with Crippen LogP contribution in [0.4, 0.5) is 4.39 Å². The molecule has 27 heavy (non-hydrogen) atoms. The average molecular weight is 371 g/mol. The summed E-state index contributed by atoms with van der Waals surface area (Å²) in [6.07, 6.45) is 5.40. The highest BCUT2D eigenvalue weighted by Gasteiger charge is 2.24. The summed E-state index contributed by atoms with van der Waals surface area (Å²) in [6, 6.07) is 10.6. The van der Waals surface area contributed by atoms with Crippen LogP contribution >= 0.6 is 0 Å². The number of likely N-dealkylation sites (tertiary alicyclic amines) is 1. The lowest BCUT2D eigenvalue weighted by atomic mass is 10.1. The molecule has 0 N–H and O–H groups in total. The third kappa shape index (κ3) is 5.84. The second kappa shape index (κ2) is 9.58. The predicted molar refractivity (Wildman–Crippen MR) is 101 cm³/mol. The quantitative estimate of drug-likeness (QED) is 0.751. The van der Waals surface area contributed by atoms with Gasteiger partial charge < -0.3 is 9.64 Å². The van der Waals surface area contributed by atoms with E-state index in [-0.39, 0.29) is 24.4 Å². The van der Waals surface area contributed by atoms with Gasteiger partial charge in [0, 0.05) is 37.6 Å². The van der Waals surface area contributed by atoms with Crippen LogP contribution in [-0.2, 0) is 22.7 Å². The van der Waals surface area contributed by atoms with Gasteiger partial charge in [-0.1, -0.05) is 24.3 Å². The Kier molecular flexibility index (Phi) is 6.90. The Morgan fingerprint density at radius 2 is 2.04 bits per heavy atom. The standard InChI is InChI=1S/C21H26FN3O2/c1-24(14-18-6-2-3-7-20(18)22)15-21(26)25-11-8-19(9-12-25)27-16-17-5-4-10-23-13-17/h2-7,10,13,19H,8-9,11-12,14-16H2,1H3. The highest BCUT2D eigenvalue weighted by Crippen LogP contribution is 2.16. The zero-order valence-electron chi connectivity index (χ0n) is 15.7. The number of carbonyl (C=O) groups is 1. The SMILES string of the molecule is CN(CC(=O)N1CCC(OCc2cccnc2)CC1)Cc1ccccc1F. The number of pyridine rings is 1. The molecule has 3 rings (SSSR count). The molecule has 144 valence electrons. The van der Waals surface area contributed by atoms with Crippen molar-refractivity contribution >= 4 is 5.91 Å². The van der Waals surface area contributed by atoms with Crippen LogP contribution in [-0.4, -0.2) is 53.5 Å². The molecule has 1 aliphatic heterocycles. The monoisotopic (exact) mass is 371 g/mol. The Morgan fingerprint density at radius 1 is 1.26 bits per heavy atom. The molecular weight excluding hydrogens is 345 g/mol. The minimum Gasteiger partial charge on any atom is -0.373 e. The van der Waals surface area contributed by atoms with Crippen molar-refractivity contribution in [1.82, 2.24) is 14.8 Å². The van der Waals surface area contributed by atoms with Crippen molar-refractivity contribution in [2.75, 3.05) is 26.7 Å². The van der Waals surface area contributed by atoms with Crippen LogP contribution in [0.2, 0.25) is 0 Å². The number of carbonyl (C=O) groups excluding carboxylic acids is 1. The van der Waals surface area contributed by atoms with E-state index in [0.29, 0.717) is 31.8 Å². The zero-order chi connectivity index (χ0) is 19.1. The van der Waals surface area contributed by atoms with Crippen molar-refractivity contribution in [1.29, 1.82) is 0 Å². The predicted octanol–water partition coefficient (Wildman–Crippen LogP) is 2.86. The first kappa shape index (κ1) is 19.5. The molecule has 0 unspecified atom stereocenters. The van der Waals surface area contributed by atoms with Crippen LogP contribution in [0, 0.1) is 5.82 Å². The Bertz CT molecular complexity index is 733. The van der Waals surface area contributed by atoms with Crippen LogP contribution in [0.5, 0.6) is 0 Å². The van der Waals surface area contributed by atoms with E-state index in [1.165, 1.54) is 6.07 Å². The van der Waals surface area contributed by atoms with Gasteiger partial charge in [0.1, 0.15) is 5.82 Å². The Labute approximate surface area is 159 Å². The van der Waals surface area contributed by atoms with E-state index in [1.54, 1.807) is 18.3 Å². The van der Waals surface area contributed by atoms with Gasteiger partial charge in [0.15, 0.2) is 0 Å². The maximum Gasteiger partial charge on any atom is 0.236 e. The normalized spacial score (nSPS) is 15.3. The van der Waals surface area contributed by atoms with Gasteiger partial charge in [0.25, 0.3) is 0 Å². The van der Waals surface area contributed by atoms with Gasteiger partial charge >= 0.3 is 0 Å². The van der Waals surface area contributed by atoms with E-state index in [0.717, 1.165) is 18.4 Å². The third-order valence-corrected chi connectivity index (χ3v) is 4.81. The second-order valence-electron chi connectivity index (χ2n) is 7.02. The number of hydrogen-bond donors (Lipinski definition) is 0. The van der Waals surface area contributed by atoms with Crippen LogP contribution in [0.3, 0.4) is 0 Å². The van der Waals surface area contributed by atoms with Crippen molar-refractivity contribution < 1.29 is 13.9 Å². The molecule has 1 saturated heterocycles. The third-order valence-electron chi connectivity index (χ3n) is 4.81. The van der Waals surface area contributed by atoms with Crippen LogP contribution in [0.1, 0.15) is 24.0 Å². The molecule has 0 bridgehead atoms. The largest absolute Gasteiger partial charge is 0.373 e. The second-order valence-corrected chi connectivity index (χ2v) is 7.02. The van der Waals surface area contributed by atoms with Crippen molar-refractivity contribution in [2.24, 2.45) is 0 Å². The van der Waals surface area contributed by atoms with Gasteiger partial charge in [-0.25, -0.2) is 4.39 Å². The van der Waals surface area contributed by atoms with E-state index < -0.39 is 0 Å². The molecule has 5 nitrogen and oxygen atoms in total. The lowest BCUT2D eigenvalue weighted by Crippen LogP contribution is -2.44. The summed E-state index contributed by atoms with van der Waals surface area (Å²) in [5.41, 5.74) is 1.67. The summed E-state index contributed by atoms with van der Waals surface area (Å²) in [6.45, 7) is 2.66. The maximum absolute atomic E-state index is 13.7. The fourth-order valence-corrected chi connectivity index (χ4v) is 3.27. The number of likely N-dealkylation sites (N-methyl/N-ethyl adjacent to an activating group) is 1. The van der Waals surface area contributed by atoms with E-state index >= 15 is 0 Å². The smallest absolute Gasteiger partial charge is 0.236 e. The highest BCUT2D eigenvalue weighted by molar-refractivity contribution is 5.78. The van der Waals surface area contributed by atoms with Crippen LogP contribution in [0.15, 0.2) is 48.8 Å². The lowest BCUT2D eigenvalue weighted by Gasteiger charge is -2.33. The van der Waals surface area contributed by atoms with Crippen molar-refractivity contribution in [3.63, 3.8) is 0 Å². The Balaban J connectivity index is 1.39. The van der Waals surface area contributed by atoms with Crippen molar-refractivity contribution in [3.05, 3.63) is 65.7 Å². The lowest BCUT2D eigenvalue weighted by molar-refractivity contribution is -0.135. The fourth-order valence-electron chi connectivity index (χ4n) is 3.27. The molecule has 1 aromatic heterocycles.